The van der Waals surface area contributed by atoms with Crippen LogP contribution in [0.2, 0.25) is 5.02 Å². The van der Waals surface area contributed by atoms with Crippen LogP contribution in [0.1, 0.15) is 5.56 Å². The zero-order chi connectivity index (χ0) is 16.3. The van der Waals surface area contributed by atoms with Gasteiger partial charge in [0.25, 0.3) is 5.69 Å². The summed E-state index contributed by atoms with van der Waals surface area (Å²) in [5.41, 5.74) is 1.01. The van der Waals surface area contributed by atoms with Gasteiger partial charge in [-0.1, -0.05) is 11.6 Å². The third-order valence-corrected chi connectivity index (χ3v) is 3.14. The van der Waals surface area contributed by atoms with Crippen LogP contribution in [0, 0.1) is 22.9 Å². The van der Waals surface area contributed by atoms with E-state index < -0.39 is 16.8 Å². The maximum Gasteiger partial charge on any atom is 0.323 e. The van der Waals surface area contributed by atoms with Gasteiger partial charge in [-0.25, -0.2) is 9.18 Å². The molecule has 0 saturated heterocycles. The van der Waals surface area contributed by atoms with Gasteiger partial charge in [-0.2, -0.15) is 0 Å². The molecule has 2 N–H and O–H groups in total. The van der Waals surface area contributed by atoms with Crippen molar-refractivity contribution < 1.29 is 14.1 Å². The summed E-state index contributed by atoms with van der Waals surface area (Å²) in [5.74, 6) is -0.413. The molecule has 0 aliphatic rings. The van der Waals surface area contributed by atoms with E-state index in [0.29, 0.717) is 16.9 Å². The largest absolute Gasteiger partial charge is 0.323 e. The van der Waals surface area contributed by atoms with E-state index in [2.05, 4.69) is 10.6 Å². The highest BCUT2D eigenvalue weighted by Crippen LogP contribution is 2.30. The average molecular weight is 324 g/mol. The normalized spacial score (nSPS) is 10.1. The lowest BCUT2D eigenvalue weighted by atomic mass is 10.2. The van der Waals surface area contributed by atoms with Crippen molar-refractivity contribution in [2.45, 2.75) is 6.92 Å². The van der Waals surface area contributed by atoms with Gasteiger partial charge in [0, 0.05) is 17.4 Å². The van der Waals surface area contributed by atoms with Gasteiger partial charge in [-0.3, -0.25) is 10.1 Å². The Kier molecular flexibility index (Phi) is 4.57. The Morgan fingerprint density at radius 3 is 2.45 bits per heavy atom. The minimum atomic E-state index is -0.600. The molecular formula is C14H11ClFN3O3. The Bertz CT molecular complexity index is 735. The fourth-order valence-electron chi connectivity index (χ4n) is 1.76. The molecule has 6 nitrogen and oxygen atoms in total. The predicted molar refractivity (Wildman–Crippen MR) is 81.9 cm³/mol. The number of aryl methyl sites for hydroxylation is 1. The summed E-state index contributed by atoms with van der Waals surface area (Å²) in [4.78, 5) is 22.0. The van der Waals surface area contributed by atoms with Crippen molar-refractivity contribution >= 4 is 34.7 Å². The molecule has 0 spiro atoms. The number of nitro benzene ring substituents is 1. The summed E-state index contributed by atoms with van der Waals surface area (Å²) in [7, 11) is 0. The Hall–Kier alpha value is -2.67. The van der Waals surface area contributed by atoms with Crippen LogP contribution in [0.25, 0.3) is 0 Å². The molecule has 2 amide bonds. The molecule has 0 fully saturated rings. The van der Waals surface area contributed by atoms with Crippen LogP contribution < -0.4 is 10.6 Å². The number of nitrogens with one attached hydrogen (secondary N) is 2. The lowest BCUT2D eigenvalue weighted by Crippen LogP contribution is -2.20. The molecule has 0 aliphatic carbocycles. The number of hydrogen-bond acceptors (Lipinski definition) is 3. The molecule has 0 bridgehead atoms. The van der Waals surface area contributed by atoms with Gasteiger partial charge in [-0.15, -0.1) is 0 Å². The van der Waals surface area contributed by atoms with Crippen molar-refractivity contribution in [2.75, 3.05) is 10.6 Å². The summed E-state index contributed by atoms with van der Waals surface area (Å²) >= 11 is 5.80. The standard InChI is InChI=1S/C14H11ClFN3O3/c1-8-6-13(19(21)22)11(15)7-12(8)18-14(20)17-10-4-2-9(16)3-5-10/h2-7H,1H3,(H2,17,18,20). The number of rotatable bonds is 3. The van der Waals surface area contributed by atoms with E-state index in [4.69, 9.17) is 11.6 Å². The number of anilines is 2. The molecule has 22 heavy (non-hydrogen) atoms. The van der Waals surface area contributed by atoms with Crippen LogP contribution in [0.3, 0.4) is 0 Å². The van der Waals surface area contributed by atoms with Gasteiger partial charge in [0.1, 0.15) is 10.8 Å². The van der Waals surface area contributed by atoms with Crippen molar-refractivity contribution in [1.29, 1.82) is 0 Å². The average Bonchev–Trinajstić information content (AvgIpc) is 2.44. The van der Waals surface area contributed by atoms with Gasteiger partial charge in [0.15, 0.2) is 0 Å². The van der Waals surface area contributed by atoms with Crippen LogP contribution >= 0.6 is 11.6 Å². The van der Waals surface area contributed by atoms with E-state index >= 15 is 0 Å². The number of amides is 2. The van der Waals surface area contributed by atoms with Crippen molar-refractivity contribution in [3.8, 4) is 0 Å². The highest BCUT2D eigenvalue weighted by Gasteiger charge is 2.16. The molecule has 2 rings (SSSR count). The fourth-order valence-corrected chi connectivity index (χ4v) is 1.99. The second kappa shape index (κ2) is 6.40. The molecule has 8 heteroatoms. The van der Waals surface area contributed by atoms with E-state index in [1.165, 1.54) is 36.4 Å². The van der Waals surface area contributed by atoms with E-state index in [1.54, 1.807) is 6.92 Å². The van der Waals surface area contributed by atoms with Crippen molar-refractivity contribution in [3.63, 3.8) is 0 Å². The number of nitrogens with zero attached hydrogens (tertiary/aromatic N) is 1. The zero-order valence-corrected chi connectivity index (χ0v) is 12.1. The molecule has 0 aromatic heterocycles. The Balaban J connectivity index is 2.13. The first-order valence-electron chi connectivity index (χ1n) is 6.15. The minimum Gasteiger partial charge on any atom is -0.308 e. The second-order valence-electron chi connectivity index (χ2n) is 4.46. The van der Waals surface area contributed by atoms with E-state index in [-0.39, 0.29) is 10.7 Å². The molecule has 0 aliphatic heterocycles. The number of carbonyl (C=O) groups excluding carboxylic acids is 1. The monoisotopic (exact) mass is 323 g/mol. The van der Waals surface area contributed by atoms with Crippen LogP contribution in [0.5, 0.6) is 0 Å². The van der Waals surface area contributed by atoms with Crippen LogP contribution in [0.4, 0.5) is 26.2 Å². The number of benzene rings is 2. The second-order valence-corrected chi connectivity index (χ2v) is 4.87. The molecule has 0 saturated carbocycles. The number of urea groups is 1. The number of carbonyl (C=O) groups is 1. The summed E-state index contributed by atoms with van der Waals surface area (Å²) < 4.78 is 12.8. The smallest absolute Gasteiger partial charge is 0.308 e. The quantitative estimate of drug-likeness (QED) is 0.651. The highest BCUT2D eigenvalue weighted by molar-refractivity contribution is 6.33. The molecule has 2 aromatic carbocycles. The molecule has 0 radical (unpaired) electrons. The first kappa shape index (κ1) is 15.7. The molecule has 114 valence electrons. The SMILES string of the molecule is Cc1cc([N+](=O)[O-])c(Cl)cc1NC(=O)Nc1ccc(F)cc1. The molecule has 0 atom stereocenters. The Morgan fingerprint density at radius 1 is 1.23 bits per heavy atom. The van der Waals surface area contributed by atoms with Crippen molar-refractivity contribution in [2.24, 2.45) is 0 Å². The molecule has 0 unspecified atom stereocenters. The lowest BCUT2D eigenvalue weighted by molar-refractivity contribution is -0.384. The van der Waals surface area contributed by atoms with Gasteiger partial charge in [0.2, 0.25) is 0 Å². The summed E-state index contributed by atoms with van der Waals surface area (Å²) in [5, 5.41) is 15.7. The summed E-state index contributed by atoms with van der Waals surface area (Å²) in [6, 6.07) is 7.25. The maximum atomic E-state index is 12.8. The topological polar surface area (TPSA) is 84.3 Å². The summed E-state index contributed by atoms with van der Waals surface area (Å²) in [6.07, 6.45) is 0. The molecule has 2 aromatic rings. The van der Waals surface area contributed by atoms with Gasteiger partial charge in [0.05, 0.1) is 4.92 Å². The number of hydrogen-bond donors (Lipinski definition) is 2. The van der Waals surface area contributed by atoms with Gasteiger partial charge >= 0.3 is 6.03 Å². The number of nitro groups is 1. The highest BCUT2D eigenvalue weighted by atomic mass is 35.5. The fraction of sp³-hybridized carbons (Fsp3) is 0.0714. The third kappa shape index (κ3) is 3.70. The third-order valence-electron chi connectivity index (χ3n) is 2.84. The van der Waals surface area contributed by atoms with Gasteiger partial charge in [-0.05, 0) is 42.8 Å². The maximum absolute atomic E-state index is 12.8. The molecular weight excluding hydrogens is 313 g/mol. The van der Waals surface area contributed by atoms with E-state index in [9.17, 15) is 19.3 Å². The zero-order valence-electron chi connectivity index (χ0n) is 11.4. The summed E-state index contributed by atoms with van der Waals surface area (Å²) in [6.45, 7) is 1.61. The van der Waals surface area contributed by atoms with E-state index in [1.807, 2.05) is 0 Å². The van der Waals surface area contributed by atoms with E-state index in [0.717, 1.165) is 0 Å². The Labute approximate surface area is 130 Å². The number of halogens is 2. The first-order valence-corrected chi connectivity index (χ1v) is 6.52. The van der Waals surface area contributed by atoms with Crippen LogP contribution in [-0.2, 0) is 0 Å². The van der Waals surface area contributed by atoms with Crippen molar-refractivity contribution in [1.82, 2.24) is 0 Å². The predicted octanol–water partition coefficient (Wildman–Crippen LogP) is 4.34. The minimum absolute atomic E-state index is 0.0762. The first-order chi connectivity index (χ1) is 10.4. The Morgan fingerprint density at radius 2 is 1.86 bits per heavy atom. The van der Waals surface area contributed by atoms with Gasteiger partial charge < -0.3 is 10.6 Å². The molecule has 0 heterocycles. The lowest BCUT2D eigenvalue weighted by Gasteiger charge is -2.10. The van der Waals surface area contributed by atoms with Crippen LogP contribution in [0.15, 0.2) is 36.4 Å². The van der Waals surface area contributed by atoms with Crippen LogP contribution in [-0.4, -0.2) is 11.0 Å². The van der Waals surface area contributed by atoms with Crippen molar-refractivity contribution in [3.05, 3.63) is 62.9 Å².